The van der Waals surface area contributed by atoms with Gasteiger partial charge >= 0.3 is 0 Å². The Morgan fingerprint density at radius 2 is 2.06 bits per heavy atom. The van der Waals surface area contributed by atoms with Crippen molar-refractivity contribution >= 4 is 22.6 Å². The van der Waals surface area contributed by atoms with Crippen molar-refractivity contribution in [3.8, 4) is 11.3 Å². The Morgan fingerprint density at radius 3 is 2.69 bits per heavy atom. The molecular weight excluding hydrogens is 412 g/mol. The van der Waals surface area contributed by atoms with E-state index in [9.17, 15) is 14.7 Å². The van der Waals surface area contributed by atoms with Crippen molar-refractivity contribution in [1.82, 2.24) is 24.8 Å². The lowest BCUT2D eigenvalue weighted by Gasteiger charge is -2.17. The van der Waals surface area contributed by atoms with Crippen LogP contribution in [0.1, 0.15) is 26.5 Å². The number of hydrogen-bond donors (Lipinski definition) is 3. The van der Waals surface area contributed by atoms with E-state index >= 15 is 0 Å². The van der Waals surface area contributed by atoms with Crippen molar-refractivity contribution in [2.45, 2.75) is 32.4 Å². The maximum Gasteiger partial charge on any atom is 0.264 e. The summed E-state index contributed by atoms with van der Waals surface area (Å²) in [5, 5.41) is 16.5. The fourth-order valence-electron chi connectivity index (χ4n) is 3.15. The molecule has 0 aliphatic heterocycles. The molecule has 170 valence electrons. The number of methoxy groups -OCH3 is 1. The summed E-state index contributed by atoms with van der Waals surface area (Å²) in [7, 11) is 3.08. The molecule has 3 aromatic heterocycles. The first-order valence-electron chi connectivity index (χ1n) is 10.2. The van der Waals surface area contributed by atoms with E-state index in [0.717, 1.165) is 0 Å². The second kappa shape index (κ2) is 9.41. The van der Waals surface area contributed by atoms with E-state index in [0.29, 0.717) is 40.2 Å². The highest BCUT2D eigenvalue weighted by Crippen LogP contribution is 2.26. The third-order valence-electron chi connectivity index (χ3n) is 4.85. The highest BCUT2D eigenvalue weighted by molar-refractivity contribution is 5.91. The van der Waals surface area contributed by atoms with Gasteiger partial charge in [0.25, 0.3) is 5.56 Å². The molecule has 0 saturated heterocycles. The number of rotatable bonds is 8. The summed E-state index contributed by atoms with van der Waals surface area (Å²) >= 11 is 0. The number of aryl methyl sites for hydroxylation is 1. The fraction of sp³-hybridized carbons (Fsp3) is 0.409. The number of nitrogens with one attached hydrogen (secondary N) is 2. The van der Waals surface area contributed by atoms with Crippen molar-refractivity contribution in [3.63, 3.8) is 0 Å². The van der Waals surface area contributed by atoms with Gasteiger partial charge in [0.1, 0.15) is 23.4 Å². The molecule has 0 aromatic carbocycles. The summed E-state index contributed by atoms with van der Waals surface area (Å²) < 4.78 is 6.22. The molecule has 0 spiro atoms. The molecule has 3 N–H and O–H groups in total. The summed E-state index contributed by atoms with van der Waals surface area (Å²) in [5.74, 6) is 0.134. The van der Waals surface area contributed by atoms with E-state index in [1.165, 1.54) is 18.0 Å². The lowest BCUT2D eigenvalue weighted by molar-refractivity contribution is -0.125. The Balaban J connectivity index is 1.97. The van der Waals surface area contributed by atoms with Gasteiger partial charge in [-0.3, -0.25) is 14.6 Å². The quantitative estimate of drug-likeness (QED) is 0.476. The number of aliphatic hydroxyl groups is 1. The van der Waals surface area contributed by atoms with Gasteiger partial charge in [-0.05, 0) is 39.0 Å². The molecule has 1 amide bonds. The number of carbonyl (C=O) groups is 1. The van der Waals surface area contributed by atoms with Gasteiger partial charge in [0.2, 0.25) is 5.91 Å². The van der Waals surface area contributed by atoms with Crippen LogP contribution < -0.4 is 16.2 Å². The molecule has 0 saturated carbocycles. The smallest absolute Gasteiger partial charge is 0.264 e. The molecule has 0 bridgehead atoms. The van der Waals surface area contributed by atoms with Crippen LogP contribution in [0.2, 0.25) is 0 Å². The summed E-state index contributed by atoms with van der Waals surface area (Å²) in [5.41, 5.74) is 1.03. The Bertz CT molecular complexity index is 1170. The summed E-state index contributed by atoms with van der Waals surface area (Å²) in [6.45, 7) is 5.48. The van der Waals surface area contributed by atoms with Crippen molar-refractivity contribution in [2.75, 3.05) is 25.6 Å². The van der Waals surface area contributed by atoms with Gasteiger partial charge in [-0.15, -0.1) is 0 Å². The zero-order chi connectivity index (χ0) is 23.5. The van der Waals surface area contributed by atoms with E-state index < -0.39 is 5.60 Å². The largest absolute Gasteiger partial charge is 0.384 e. The molecule has 0 radical (unpaired) electrons. The number of aromatic nitrogens is 4. The molecule has 10 nitrogen and oxygen atoms in total. The first kappa shape index (κ1) is 23.3. The number of hydrogen-bond acceptors (Lipinski definition) is 8. The first-order chi connectivity index (χ1) is 15.1. The molecule has 0 aliphatic carbocycles. The van der Waals surface area contributed by atoms with E-state index in [4.69, 9.17) is 4.74 Å². The van der Waals surface area contributed by atoms with Gasteiger partial charge in [0.05, 0.1) is 23.2 Å². The molecule has 10 heteroatoms. The molecule has 32 heavy (non-hydrogen) atoms. The van der Waals surface area contributed by atoms with Crippen LogP contribution in [0.3, 0.4) is 0 Å². The van der Waals surface area contributed by atoms with Crippen LogP contribution in [0.4, 0.5) is 5.82 Å². The molecule has 3 rings (SSSR count). The topological polar surface area (TPSA) is 131 Å². The van der Waals surface area contributed by atoms with Crippen molar-refractivity contribution < 1.29 is 14.6 Å². The van der Waals surface area contributed by atoms with Crippen LogP contribution in [-0.4, -0.2) is 56.8 Å². The molecule has 0 unspecified atom stereocenters. The monoisotopic (exact) mass is 440 g/mol. The molecule has 0 aliphatic rings. The van der Waals surface area contributed by atoms with E-state index in [1.807, 2.05) is 13.0 Å². The molecule has 1 atom stereocenters. The summed E-state index contributed by atoms with van der Waals surface area (Å²) in [4.78, 5) is 37.9. The predicted molar refractivity (Wildman–Crippen MR) is 121 cm³/mol. The summed E-state index contributed by atoms with van der Waals surface area (Å²) in [6, 6.07) is 5.05. The predicted octanol–water partition coefficient (Wildman–Crippen LogP) is 1.18. The molecule has 3 aromatic rings. The van der Waals surface area contributed by atoms with Crippen molar-refractivity contribution in [2.24, 2.45) is 7.05 Å². The fourth-order valence-corrected chi connectivity index (χ4v) is 3.15. The Kier molecular flexibility index (Phi) is 6.85. The van der Waals surface area contributed by atoms with Gasteiger partial charge in [-0.2, -0.15) is 0 Å². The Hall–Kier alpha value is -3.37. The minimum absolute atomic E-state index is 0.0287. The SMILES string of the molecule is COCC(=O)N[C@@H](C)CNc1nc(-c2ccc(C(C)(C)O)nc2)cc2ncn(C)c(=O)c12. The maximum absolute atomic E-state index is 12.8. The Labute approximate surface area is 185 Å². The Morgan fingerprint density at radius 1 is 1.31 bits per heavy atom. The molecule has 3 heterocycles. The minimum atomic E-state index is -1.06. The highest BCUT2D eigenvalue weighted by atomic mass is 16.5. The van der Waals surface area contributed by atoms with E-state index in [1.54, 1.807) is 39.2 Å². The van der Waals surface area contributed by atoms with Crippen LogP contribution in [0, 0.1) is 0 Å². The molecule has 0 fully saturated rings. The summed E-state index contributed by atoms with van der Waals surface area (Å²) in [6.07, 6.45) is 3.08. The highest BCUT2D eigenvalue weighted by Gasteiger charge is 2.19. The van der Waals surface area contributed by atoms with Crippen LogP contribution in [0.5, 0.6) is 0 Å². The number of fused-ring (bicyclic) bond motifs is 1. The van der Waals surface area contributed by atoms with E-state index in [-0.39, 0.29) is 24.1 Å². The van der Waals surface area contributed by atoms with Crippen LogP contribution in [0.15, 0.2) is 35.5 Å². The van der Waals surface area contributed by atoms with Crippen LogP contribution in [-0.2, 0) is 22.2 Å². The zero-order valence-corrected chi connectivity index (χ0v) is 18.8. The normalized spacial score (nSPS) is 12.6. The van der Waals surface area contributed by atoms with Crippen molar-refractivity contribution in [1.29, 1.82) is 0 Å². The van der Waals surface area contributed by atoms with Gasteiger partial charge in [0, 0.05) is 38.5 Å². The van der Waals surface area contributed by atoms with Crippen LogP contribution in [0.25, 0.3) is 22.2 Å². The maximum atomic E-state index is 12.8. The van der Waals surface area contributed by atoms with Gasteiger partial charge in [-0.1, -0.05) is 0 Å². The first-order valence-corrected chi connectivity index (χ1v) is 10.2. The number of ether oxygens (including phenoxy) is 1. The minimum Gasteiger partial charge on any atom is -0.384 e. The lowest BCUT2D eigenvalue weighted by atomic mass is 10.0. The third-order valence-corrected chi connectivity index (χ3v) is 4.85. The zero-order valence-electron chi connectivity index (χ0n) is 18.8. The second-order valence-corrected chi connectivity index (χ2v) is 8.18. The standard InChI is InChI=1S/C22H28N6O4/c1-13(26-18(29)11-32-5)9-24-20-19-16(25-12-28(4)21(19)30)8-15(27-20)14-6-7-17(23-10-14)22(2,3)31/h6-8,10,12-13,31H,9,11H2,1-5H3,(H,24,27)(H,26,29)/t13-/m0/s1. The third kappa shape index (κ3) is 5.27. The number of anilines is 1. The molecular formula is C22H28N6O4. The lowest BCUT2D eigenvalue weighted by Crippen LogP contribution is -2.39. The number of pyridine rings is 2. The van der Waals surface area contributed by atoms with Gasteiger partial charge in [-0.25, -0.2) is 9.97 Å². The van der Waals surface area contributed by atoms with Gasteiger partial charge < -0.3 is 25.0 Å². The second-order valence-electron chi connectivity index (χ2n) is 8.18. The number of nitrogens with zero attached hydrogens (tertiary/aromatic N) is 4. The average Bonchev–Trinajstić information content (AvgIpc) is 2.74. The van der Waals surface area contributed by atoms with Crippen molar-refractivity contribution in [3.05, 3.63) is 46.8 Å². The number of carbonyl (C=O) groups excluding carboxylic acids is 1. The average molecular weight is 441 g/mol. The van der Waals surface area contributed by atoms with E-state index in [2.05, 4.69) is 25.6 Å². The van der Waals surface area contributed by atoms with Gasteiger partial charge in [0.15, 0.2) is 0 Å². The number of amides is 1. The van der Waals surface area contributed by atoms with Crippen LogP contribution >= 0.6 is 0 Å².